The standard InChI is InChI=1S/C25H27NO5S/c27-24(28)12-9-17-13-22(20-11-10-18-5-1-2-6-19(18)15-20)25(31-21-7-3-4-8-21)23(14-17)26-16-32(29)30/h1-2,5-6,10-11,13-15,21,26H,3-4,7-9,12,16H2,(H,27,28)(H,29,30). The molecule has 0 radical (unpaired) electrons. The van der Waals surface area contributed by atoms with Gasteiger partial charge in [0.2, 0.25) is 0 Å². The lowest BCUT2D eigenvalue weighted by Gasteiger charge is -2.22. The average Bonchev–Trinajstić information content (AvgIpc) is 3.30. The smallest absolute Gasteiger partial charge is 0.303 e. The molecule has 3 aromatic carbocycles. The van der Waals surface area contributed by atoms with Crippen molar-refractivity contribution in [2.24, 2.45) is 0 Å². The van der Waals surface area contributed by atoms with Crippen molar-refractivity contribution in [3.05, 3.63) is 60.2 Å². The van der Waals surface area contributed by atoms with Crippen LogP contribution in [-0.4, -0.2) is 31.8 Å². The van der Waals surface area contributed by atoms with E-state index in [4.69, 9.17) is 9.84 Å². The van der Waals surface area contributed by atoms with Crippen molar-refractivity contribution < 1.29 is 23.4 Å². The van der Waals surface area contributed by atoms with Gasteiger partial charge in [0.1, 0.15) is 5.88 Å². The van der Waals surface area contributed by atoms with E-state index in [0.717, 1.165) is 53.1 Å². The maximum Gasteiger partial charge on any atom is 0.303 e. The lowest BCUT2D eigenvalue weighted by Crippen LogP contribution is -2.15. The molecule has 32 heavy (non-hydrogen) atoms. The number of aryl methyl sites for hydroxylation is 1. The van der Waals surface area contributed by atoms with Gasteiger partial charge in [0.15, 0.2) is 16.8 Å². The van der Waals surface area contributed by atoms with Crippen LogP contribution in [0.3, 0.4) is 0 Å². The molecule has 3 N–H and O–H groups in total. The van der Waals surface area contributed by atoms with Crippen molar-refractivity contribution in [3.63, 3.8) is 0 Å². The number of nitrogens with one attached hydrogen (secondary N) is 1. The summed E-state index contributed by atoms with van der Waals surface area (Å²) >= 11 is -2.03. The van der Waals surface area contributed by atoms with E-state index < -0.39 is 17.0 Å². The topological polar surface area (TPSA) is 95.9 Å². The van der Waals surface area contributed by atoms with Gasteiger partial charge in [-0.15, -0.1) is 0 Å². The molecule has 0 spiro atoms. The normalized spacial score (nSPS) is 15.0. The monoisotopic (exact) mass is 453 g/mol. The quantitative estimate of drug-likeness (QED) is 0.374. The highest BCUT2D eigenvalue weighted by Crippen LogP contribution is 2.41. The molecule has 1 unspecified atom stereocenters. The minimum atomic E-state index is -2.03. The summed E-state index contributed by atoms with van der Waals surface area (Å²) in [6, 6.07) is 18.1. The molecule has 0 aromatic heterocycles. The van der Waals surface area contributed by atoms with E-state index in [9.17, 15) is 13.6 Å². The van der Waals surface area contributed by atoms with Crippen LogP contribution in [0.1, 0.15) is 37.7 Å². The summed E-state index contributed by atoms with van der Waals surface area (Å²) in [7, 11) is 0. The Balaban J connectivity index is 1.83. The fourth-order valence-electron chi connectivity index (χ4n) is 4.23. The van der Waals surface area contributed by atoms with Gasteiger partial charge in [0.05, 0.1) is 11.8 Å². The number of anilines is 1. The van der Waals surface area contributed by atoms with E-state index in [0.29, 0.717) is 17.9 Å². The molecular weight excluding hydrogens is 426 g/mol. The number of aliphatic carboxylic acids is 1. The molecule has 0 amide bonds. The van der Waals surface area contributed by atoms with Crippen molar-refractivity contribution >= 4 is 33.5 Å². The highest BCUT2D eigenvalue weighted by atomic mass is 32.2. The predicted molar refractivity (Wildman–Crippen MR) is 127 cm³/mol. The number of carboxylic acid groups (broad SMARTS) is 1. The second-order valence-corrected chi connectivity index (χ2v) is 9.07. The zero-order valence-electron chi connectivity index (χ0n) is 17.8. The zero-order chi connectivity index (χ0) is 22.5. The molecule has 1 saturated carbocycles. The number of benzene rings is 3. The van der Waals surface area contributed by atoms with Crippen LogP contribution in [0.25, 0.3) is 21.9 Å². The Kier molecular flexibility index (Phi) is 7.07. The number of carbonyl (C=O) groups is 1. The molecule has 0 saturated heterocycles. The van der Waals surface area contributed by atoms with Crippen LogP contribution < -0.4 is 10.1 Å². The third-order valence-electron chi connectivity index (χ3n) is 5.81. The van der Waals surface area contributed by atoms with Crippen LogP contribution >= 0.6 is 0 Å². The van der Waals surface area contributed by atoms with Gasteiger partial charge in [-0.2, -0.15) is 0 Å². The molecule has 0 aliphatic heterocycles. The van der Waals surface area contributed by atoms with E-state index in [2.05, 4.69) is 29.6 Å². The van der Waals surface area contributed by atoms with Crippen molar-refractivity contribution in [1.29, 1.82) is 0 Å². The highest BCUT2D eigenvalue weighted by Gasteiger charge is 2.22. The van der Waals surface area contributed by atoms with Crippen LogP contribution in [-0.2, 0) is 22.3 Å². The zero-order valence-corrected chi connectivity index (χ0v) is 18.6. The van der Waals surface area contributed by atoms with Crippen LogP contribution in [0.5, 0.6) is 5.75 Å². The summed E-state index contributed by atoms with van der Waals surface area (Å²) in [6.45, 7) is 0. The first-order valence-electron chi connectivity index (χ1n) is 10.9. The van der Waals surface area contributed by atoms with Crippen LogP contribution in [0.4, 0.5) is 5.69 Å². The van der Waals surface area contributed by atoms with Crippen LogP contribution in [0.15, 0.2) is 54.6 Å². The Morgan fingerprint density at radius 2 is 1.81 bits per heavy atom. The lowest BCUT2D eigenvalue weighted by molar-refractivity contribution is -0.136. The number of hydrogen-bond donors (Lipinski definition) is 3. The Labute approximate surface area is 189 Å². The minimum Gasteiger partial charge on any atom is -0.488 e. The number of rotatable bonds is 9. The lowest BCUT2D eigenvalue weighted by atomic mass is 9.96. The second kappa shape index (κ2) is 10.1. The van der Waals surface area contributed by atoms with Crippen molar-refractivity contribution in [2.75, 3.05) is 11.2 Å². The highest BCUT2D eigenvalue weighted by molar-refractivity contribution is 7.79. The van der Waals surface area contributed by atoms with Crippen molar-refractivity contribution in [2.45, 2.75) is 44.6 Å². The molecule has 0 heterocycles. The summed E-state index contributed by atoms with van der Waals surface area (Å²) in [6.07, 6.45) is 4.65. The number of hydrogen-bond acceptors (Lipinski definition) is 4. The molecule has 4 rings (SSSR count). The Morgan fingerprint density at radius 1 is 1.06 bits per heavy atom. The molecule has 7 heteroatoms. The fourth-order valence-corrected chi connectivity index (χ4v) is 4.51. The summed E-state index contributed by atoms with van der Waals surface area (Å²) in [5.74, 6) is -0.355. The largest absolute Gasteiger partial charge is 0.488 e. The molecule has 1 aliphatic carbocycles. The Morgan fingerprint density at radius 3 is 2.53 bits per heavy atom. The molecular formula is C25H27NO5S. The third-order valence-corrected chi connectivity index (χ3v) is 6.20. The van der Waals surface area contributed by atoms with Gasteiger partial charge in [-0.3, -0.25) is 4.79 Å². The average molecular weight is 454 g/mol. The predicted octanol–water partition coefficient (Wildman–Crippen LogP) is 5.44. The second-order valence-electron chi connectivity index (χ2n) is 8.14. The Hall–Kier alpha value is -2.90. The maximum absolute atomic E-state index is 11.4. The van der Waals surface area contributed by atoms with Crippen LogP contribution in [0, 0.1) is 0 Å². The van der Waals surface area contributed by atoms with Crippen molar-refractivity contribution in [3.8, 4) is 16.9 Å². The molecule has 1 fully saturated rings. The summed E-state index contributed by atoms with van der Waals surface area (Å²) in [5, 5.41) is 14.4. The SMILES string of the molecule is O=C(O)CCc1cc(NCS(=O)O)c(OC2CCCC2)c(-c2ccc3ccccc3c2)c1. The summed E-state index contributed by atoms with van der Waals surface area (Å²) in [5.41, 5.74) is 3.27. The van der Waals surface area contributed by atoms with Gasteiger partial charge in [0.25, 0.3) is 0 Å². The summed E-state index contributed by atoms with van der Waals surface area (Å²) in [4.78, 5) is 11.2. The maximum atomic E-state index is 11.4. The number of carboxylic acids is 1. The van der Waals surface area contributed by atoms with Gasteiger partial charge in [-0.1, -0.05) is 36.4 Å². The summed E-state index contributed by atoms with van der Waals surface area (Å²) < 4.78 is 27.1. The Bertz CT molecular complexity index is 1140. The molecule has 1 aliphatic rings. The molecule has 1 atom stereocenters. The molecule has 3 aromatic rings. The molecule has 6 nitrogen and oxygen atoms in total. The number of fused-ring (bicyclic) bond motifs is 1. The van der Waals surface area contributed by atoms with Gasteiger partial charge >= 0.3 is 5.97 Å². The fraction of sp³-hybridized carbons (Fsp3) is 0.320. The third kappa shape index (κ3) is 5.47. The first-order valence-corrected chi connectivity index (χ1v) is 12.1. The van der Waals surface area contributed by atoms with Gasteiger partial charge in [-0.05, 0) is 72.2 Å². The van der Waals surface area contributed by atoms with Gasteiger partial charge in [-0.25, -0.2) is 4.21 Å². The van der Waals surface area contributed by atoms with Crippen molar-refractivity contribution in [1.82, 2.24) is 0 Å². The van der Waals surface area contributed by atoms with E-state index in [-0.39, 0.29) is 18.4 Å². The minimum absolute atomic E-state index is 0.00532. The van der Waals surface area contributed by atoms with Crippen LogP contribution in [0.2, 0.25) is 0 Å². The first kappa shape index (κ1) is 22.3. The molecule has 0 bridgehead atoms. The first-order chi connectivity index (χ1) is 15.5. The van der Waals surface area contributed by atoms with Gasteiger partial charge in [0, 0.05) is 12.0 Å². The molecule has 168 valence electrons. The van der Waals surface area contributed by atoms with E-state index in [1.54, 1.807) is 0 Å². The van der Waals surface area contributed by atoms with E-state index >= 15 is 0 Å². The van der Waals surface area contributed by atoms with E-state index in [1.165, 1.54) is 0 Å². The number of ether oxygens (including phenoxy) is 1. The van der Waals surface area contributed by atoms with E-state index in [1.807, 2.05) is 30.3 Å². The van der Waals surface area contributed by atoms with Gasteiger partial charge < -0.3 is 19.7 Å².